The van der Waals surface area contributed by atoms with Gasteiger partial charge < -0.3 is 10.0 Å². The number of hydrogen-bond acceptors (Lipinski definition) is 5. The van der Waals surface area contributed by atoms with Crippen molar-refractivity contribution in [1.82, 2.24) is 9.80 Å². The molecule has 3 aliphatic rings. The van der Waals surface area contributed by atoms with Crippen LogP contribution < -0.4 is 0 Å². The number of nitrogens with zero attached hydrogens (tertiary/aromatic N) is 2. The van der Waals surface area contributed by atoms with Crippen molar-refractivity contribution in [2.75, 3.05) is 31.2 Å². The molecule has 0 spiro atoms. The third-order valence-corrected chi connectivity index (χ3v) is 8.42. The topological polar surface area (TPSA) is 77.9 Å². The molecule has 27 heavy (non-hydrogen) atoms. The first-order valence-corrected chi connectivity index (χ1v) is 12.7. The molecule has 1 unspecified atom stereocenters. The molecule has 0 bridgehead atoms. The van der Waals surface area contributed by atoms with Crippen LogP contribution in [0.2, 0.25) is 0 Å². The van der Waals surface area contributed by atoms with E-state index in [1.165, 1.54) is 25.7 Å². The van der Waals surface area contributed by atoms with Crippen LogP contribution in [0, 0.1) is 0 Å². The molecule has 7 heteroatoms. The van der Waals surface area contributed by atoms with E-state index >= 15 is 0 Å². The summed E-state index contributed by atoms with van der Waals surface area (Å²) in [6.45, 7) is 0.904. The lowest BCUT2D eigenvalue weighted by Gasteiger charge is -2.41. The number of hydrogen-bond donors (Lipinski definition) is 1. The number of carbonyl (C=O) groups excluding carboxylic acids is 1. The summed E-state index contributed by atoms with van der Waals surface area (Å²) in [6.07, 6.45) is 11.8. The second kappa shape index (κ2) is 9.70. The van der Waals surface area contributed by atoms with Gasteiger partial charge in [0.25, 0.3) is 0 Å². The number of aliphatic hydroxyl groups is 1. The molecule has 1 atom stereocenters. The average molecular weight is 401 g/mol. The summed E-state index contributed by atoms with van der Waals surface area (Å²) in [5.74, 6) is 0.401. The molecule has 3 fully saturated rings. The van der Waals surface area contributed by atoms with Gasteiger partial charge >= 0.3 is 0 Å². The zero-order valence-electron chi connectivity index (χ0n) is 16.5. The molecule has 6 nitrogen and oxygen atoms in total. The van der Waals surface area contributed by atoms with Gasteiger partial charge in [-0.2, -0.15) is 0 Å². The summed E-state index contributed by atoms with van der Waals surface area (Å²) in [5, 5.41) is 9.50. The van der Waals surface area contributed by atoms with Gasteiger partial charge in [0.1, 0.15) is 0 Å². The third-order valence-electron chi connectivity index (χ3n) is 6.67. The lowest BCUT2D eigenvalue weighted by Crippen LogP contribution is -2.53. The van der Waals surface area contributed by atoms with E-state index in [4.69, 9.17) is 0 Å². The summed E-state index contributed by atoms with van der Waals surface area (Å²) in [5.41, 5.74) is 0. The van der Waals surface area contributed by atoms with E-state index in [0.29, 0.717) is 25.6 Å². The van der Waals surface area contributed by atoms with Crippen LogP contribution in [0.4, 0.5) is 0 Å². The molecule has 0 aromatic rings. The highest BCUT2D eigenvalue weighted by Crippen LogP contribution is 2.29. The zero-order chi connectivity index (χ0) is 19.3. The van der Waals surface area contributed by atoms with E-state index in [9.17, 15) is 18.3 Å². The van der Waals surface area contributed by atoms with Crippen molar-refractivity contribution in [3.8, 4) is 0 Å². The predicted molar refractivity (Wildman–Crippen MR) is 106 cm³/mol. The molecular weight excluding hydrogens is 364 g/mol. The fourth-order valence-corrected chi connectivity index (χ4v) is 6.99. The standard InChI is InChI=1S/C20H36N2O4S/c23-13-12-21(17-7-3-1-4-8-17)15-20(24)22(18-9-5-2-6-10-18)19-11-14-27(25,26)16-19/h17-19,23H,1-16H2. The number of carbonyl (C=O) groups is 1. The highest BCUT2D eigenvalue weighted by atomic mass is 32.2. The summed E-state index contributed by atoms with van der Waals surface area (Å²) in [7, 11) is -3.02. The Kier molecular flexibility index (Phi) is 7.57. The van der Waals surface area contributed by atoms with Gasteiger partial charge in [0.15, 0.2) is 9.84 Å². The fraction of sp³-hybridized carbons (Fsp3) is 0.950. The lowest BCUT2D eigenvalue weighted by atomic mass is 9.92. The Morgan fingerprint density at radius 2 is 1.44 bits per heavy atom. The van der Waals surface area contributed by atoms with Gasteiger partial charge in [-0.25, -0.2) is 8.42 Å². The van der Waals surface area contributed by atoms with E-state index in [0.717, 1.165) is 38.5 Å². The minimum atomic E-state index is -3.02. The van der Waals surface area contributed by atoms with E-state index < -0.39 is 9.84 Å². The Labute approximate surface area is 164 Å². The highest BCUT2D eigenvalue weighted by Gasteiger charge is 2.39. The monoisotopic (exact) mass is 400 g/mol. The molecule has 1 saturated heterocycles. The summed E-state index contributed by atoms with van der Waals surface area (Å²) >= 11 is 0. The smallest absolute Gasteiger partial charge is 0.237 e. The second-order valence-corrected chi connectivity index (χ2v) is 10.9. The van der Waals surface area contributed by atoms with Crippen LogP contribution in [0.25, 0.3) is 0 Å². The molecule has 0 aromatic carbocycles. The predicted octanol–water partition coefficient (Wildman–Crippen LogP) is 1.96. The molecule has 1 amide bonds. The van der Waals surface area contributed by atoms with Gasteiger partial charge in [-0.15, -0.1) is 0 Å². The van der Waals surface area contributed by atoms with Crippen molar-refractivity contribution in [3.63, 3.8) is 0 Å². The molecule has 2 aliphatic carbocycles. The quantitative estimate of drug-likeness (QED) is 0.707. The average Bonchev–Trinajstić information content (AvgIpc) is 3.02. The van der Waals surface area contributed by atoms with E-state index in [1.54, 1.807) is 0 Å². The minimum Gasteiger partial charge on any atom is -0.395 e. The van der Waals surface area contributed by atoms with Crippen molar-refractivity contribution in [2.45, 2.75) is 88.8 Å². The number of rotatable bonds is 7. The Balaban J connectivity index is 1.72. The van der Waals surface area contributed by atoms with Crippen LogP contribution >= 0.6 is 0 Å². The fourth-order valence-electron chi connectivity index (χ4n) is 5.28. The molecule has 0 aromatic heterocycles. The molecule has 156 valence electrons. The maximum absolute atomic E-state index is 13.4. The van der Waals surface area contributed by atoms with Crippen molar-refractivity contribution in [1.29, 1.82) is 0 Å². The second-order valence-electron chi connectivity index (χ2n) is 8.64. The first-order valence-electron chi connectivity index (χ1n) is 10.9. The van der Waals surface area contributed by atoms with Gasteiger partial charge in [0.05, 0.1) is 24.7 Å². The first-order chi connectivity index (χ1) is 13.0. The Bertz CT molecular complexity index is 583. The highest BCUT2D eigenvalue weighted by molar-refractivity contribution is 7.91. The summed E-state index contributed by atoms with van der Waals surface area (Å²) in [4.78, 5) is 17.5. The van der Waals surface area contributed by atoms with E-state index in [2.05, 4.69) is 4.90 Å². The maximum Gasteiger partial charge on any atom is 0.237 e. The normalized spacial score (nSPS) is 27.1. The van der Waals surface area contributed by atoms with Crippen molar-refractivity contribution >= 4 is 15.7 Å². The van der Waals surface area contributed by atoms with Crippen molar-refractivity contribution in [3.05, 3.63) is 0 Å². The summed E-state index contributed by atoms with van der Waals surface area (Å²) < 4.78 is 24.1. The van der Waals surface area contributed by atoms with Crippen LogP contribution in [0.1, 0.15) is 70.6 Å². The van der Waals surface area contributed by atoms with Gasteiger partial charge in [0, 0.05) is 24.7 Å². The SMILES string of the molecule is O=C(CN(CCO)C1CCCCC1)N(C1CCCCC1)C1CCS(=O)(=O)C1. The van der Waals surface area contributed by atoms with Gasteiger partial charge in [-0.05, 0) is 32.1 Å². The molecule has 3 rings (SSSR count). The molecule has 0 radical (unpaired) electrons. The molecule has 1 heterocycles. The van der Waals surface area contributed by atoms with E-state index in [-0.39, 0.29) is 36.1 Å². The van der Waals surface area contributed by atoms with Gasteiger partial charge in [-0.3, -0.25) is 9.69 Å². The zero-order valence-corrected chi connectivity index (χ0v) is 17.3. The molecule has 2 saturated carbocycles. The van der Waals surface area contributed by atoms with Crippen LogP contribution in [0.15, 0.2) is 0 Å². The largest absolute Gasteiger partial charge is 0.395 e. The minimum absolute atomic E-state index is 0.0605. The molecular formula is C20H36N2O4S. The van der Waals surface area contributed by atoms with Gasteiger partial charge in [0.2, 0.25) is 5.91 Å². The Morgan fingerprint density at radius 3 is 1.96 bits per heavy atom. The first kappa shape index (κ1) is 21.1. The molecule has 1 N–H and O–H groups in total. The number of sulfone groups is 1. The van der Waals surface area contributed by atoms with E-state index in [1.807, 2.05) is 4.90 Å². The maximum atomic E-state index is 13.4. The Morgan fingerprint density at radius 1 is 0.852 bits per heavy atom. The van der Waals surface area contributed by atoms with Crippen LogP contribution in [-0.2, 0) is 14.6 Å². The summed E-state index contributed by atoms with van der Waals surface area (Å²) in [6, 6.07) is 0.398. The van der Waals surface area contributed by atoms with Crippen LogP contribution in [0.5, 0.6) is 0 Å². The number of amides is 1. The van der Waals surface area contributed by atoms with Crippen LogP contribution in [-0.4, -0.2) is 78.6 Å². The van der Waals surface area contributed by atoms with Gasteiger partial charge in [-0.1, -0.05) is 38.5 Å². The van der Waals surface area contributed by atoms with Crippen molar-refractivity contribution < 1.29 is 18.3 Å². The lowest BCUT2D eigenvalue weighted by molar-refractivity contribution is -0.138. The van der Waals surface area contributed by atoms with Crippen LogP contribution in [0.3, 0.4) is 0 Å². The third kappa shape index (κ3) is 5.67. The Hall–Kier alpha value is -0.660. The van der Waals surface area contributed by atoms with Crippen molar-refractivity contribution in [2.24, 2.45) is 0 Å². The number of aliphatic hydroxyl groups excluding tert-OH is 1. The molecule has 1 aliphatic heterocycles.